The number of hydrogen-bond acceptors (Lipinski definition) is 6. The van der Waals surface area contributed by atoms with Gasteiger partial charge in [0.15, 0.2) is 11.5 Å². The van der Waals surface area contributed by atoms with Gasteiger partial charge in [0.05, 0.1) is 19.1 Å². The first-order chi connectivity index (χ1) is 11.9. The third kappa shape index (κ3) is 5.58. The summed E-state index contributed by atoms with van der Waals surface area (Å²) in [5.41, 5.74) is 5.90. The lowest BCUT2D eigenvalue weighted by molar-refractivity contribution is -0.121. The number of rotatable bonds is 10. The van der Waals surface area contributed by atoms with E-state index in [9.17, 15) is 13.2 Å². The number of sulfonamides is 1. The van der Waals surface area contributed by atoms with Crippen LogP contribution in [0.2, 0.25) is 0 Å². The highest BCUT2D eigenvalue weighted by Gasteiger charge is 2.28. The molecule has 1 saturated carbocycles. The molecule has 2 rings (SSSR count). The number of nitrogens with one attached hydrogen (secondary N) is 2. The molecule has 8 nitrogen and oxygen atoms in total. The summed E-state index contributed by atoms with van der Waals surface area (Å²) < 4.78 is 37.2. The fourth-order valence-electron chi connectivity index (χ4n) is 2.38. The van der Waals surface area contributed by atoms with Crippen molar-refractivity contribution >= 4 is 15.9 Å². The Morgan fingerprint density at radius 1 is 1.28 bits per heavy atom. The quantitative estimate of drug-likeness (QED) is 0.541. The molecule has 1 aromatic rings. The maximum atomic E-state index is 12.3. The molecule has 25 heavy (non-hydrogen) atoms. The first-order valence-electron chi connectivity index (χ1n) is 8.11. The molecule has 0 bridgehead atoms. The van der Waals surface area contributed by atoms with Crippen molar-refractivity contribution in [3.63, 3.8) is 0 Å². The van der Waals surface area contributed by atoms with Gasteiger partial charge in [-0.1, -0.05) is 0 Å². The van der Waals surface area contributed by atoms with Crippen LogP contribution in [0.5, 0.6) is 11.5 Å². The van der Waals surface area contributed by atoms with Gasteiger partial charge < -0.3 is 20.5 Å². The monoisotopic (exact) mass is 371 g/mol. The number of carbonyl (C=O) groups excluding carboxylic acids is 1. The van der Waals surface area contributed by atoms with Gasteiger partial charge in [0.1, 0.15) is 0 Å². The van der Waals surface area contributed by atoms with Gasteiger partial charge >= 0.3 is 0 Å². The predicted octanol–water partition coefficient (Wildman–Crippen LogP) is 0.226. The first-order valence-corrected chi connectivity index (χ1v) is 9.59. The van der Waals surface area contributed by atoms with E-state index >= 15 is 0 Å². The van der Waals surface area contributed by atoms with Crippen LogP contribution < -0.4 is 25.2 Å². The molecule has 0 aliphatic heterocycles. The second kappa shape index (κ2) is 8.50. The molecule has 0 radical (unpaired) electrons. The van der Waals surface area contributed by atoms with Crippen LogP contribution in [-0.4, -0.2) is 47.7 Å². The molecule has 0 saturated heterocycles. The van der Waals surface area contributed by atoms with Crippen LogP contribution in [0.4, 0.5) is 0 Å². The molecular formula is C16H25N3O5S. The maximum absolute atomic E-state index is 12.3. The van der Waals surface area contributed by atoms with Crippen LogP contribution in [0.25, 0.3) is 0 Å². The lowest BCUT2D eigenvalue weighted by Gasteiger charge is -2.12. The Hall–Kier alpha value is -1.84. The minimum atomic E-state index is -3.74. The van der Waals surface area contributed by atoms with Crippen LogP contribution in [0, 0.1) is 5.92 Å². The lowest BCUT2D eigenvalue weighted by Crippen LogP contribution is -2.39. The number of methoxy groups -OCH3 is 2. The number of benzene rings is 1. The summed E-state index contributed by atoms with van der Waals surface area (Å²) in [6.45, 7) is 0.424. The zero-order valence-corrected chi connectivity index (χ0v) is 15.3. The molecule has 4 N–H and O–H groups in total. The van der Waals surface area contributed by atoms with E-state index in [1.54, 1.807) is 0 Å². The number of hydrogen-bond donors (Lipinski definition) is 3. The van der Waals surface area contributed by atoms with Crippen LogP contribution in [0.15, 0.2) is 23.1 Å². The van der Waals surface area contributed by atoms with Gasteiger partial charge in [0.2, 0.25) is 15.9 Å². The van der Waals surface area contributed by atoms with Gasteiger partial charge in [0.25, 0.3) is 0 Å². The van der Waals surface area contributed by atoms with E-state index in [0.717, 1.165) is 12.8 Å². The molecule has 1 atom stereocenters. The Bertz CT molecular complexity index is 704. The van der Waals surface area contributed by atoms with Crippen molar-refractivity contribution in [1.29, 1.82) is 0 Å². The fourth-order valence-corrected chi connectivity index (χ4v) is 3.42. The Morgan fingerprint density at radius 3 is 2.56 bits per heavy atom. The molecule has 0 aromatic heterocycles. The van der Waals surface area contributed by atoms with Crippen molar-refractivity contribution in [1.82, 2.24) is 10.0 Å². The van der Waals surface area contributed by atoms with E-state index in [-0.39, 0.29) is 29.8 Å². The molecule has 1 amide bonds. The van der Waals surface area contributed by atoms with E-state index in [2.05, 4.69) is 10.0 Å². The van der Waals surface area contributed by atoms with Crippen molar-refractivity contribution in [2.24, 2.45) is 11.7 Å². The van der Waals surface area contributed by atoms with Gasteiger partial charge in [-0.3, -0.25) is 4.79 Å². The summed E-state index contributed by atoms with van der Waals surface area (Å²) in [5.74, 6) is 1.03. The summed E-state index contributed by atoms with van der Waals surface area (Å²) in [6, 6.07) is 4.28. The highest BCUT2D eigenvalue weighted by atomic mass is 32.2. The van der Waals surface area contributed by atoms with E-state index in [1.165, 1.54) is 32.4 Å². The molecule has 1 aliphatic rings. The highest BCUT2D eigenvalue weighted by molar-refractivity contribution is 7.89. The van der Waals surface area contributed by atoms with Gasteiger partial charge in [-0.2, -0.15) is 0 Å². The van der Waals surface area contributed by atoms with E-state index in [4.69, 9.17) is 15.2 Å². The molecular weight excluding hydrogens is 346 g/mol. The molecule has 1 fully saturated rings. The Kier molecular flexibility index (Phi) is 6.63. The fraction of sp³-hybridized carbons (Fsp3) is 0.562. The maximum Gasteiger partial charge on any atom is 0.240 e. The molecule has 0 heterocycles. The average Bonchev–Trinajstić information content (AvgIpc) is 3.43. The summed E-state index contributed by atoms with van der Waals surface area (Å²) >= 11 is 0. The van der Waals surface area contributed by atoms with Crippen LogP contribution in [-0.2, 0) is 14.8 Å². The van der Waals surface area contributed by atoms with Crippen molar-refractivity contribution in [2.75, 3.05) is 27.3 Å². The van der Waals surface area contributed by atoms with Gasteiger partial charge in [-0.05, 0) is 30.9 Å². The number of carbonyl (C=O) groups is 1. The Morgan fingerprint density at radius 2 is 1.96 bits per heavy atom. The third-order valence-electron chi connectivity index (χ3n) is 4.07. The van der Waals surface area contributed by atoms with Crippen LogP contribution in [0.1, 0.15) is 19.3 Å². The second-order valence-corrected chi connectivity index (χ2v) is 7.74. The summed E-state index contributed by atoms with van der Waals surface area (Å²) in [5, 5.41) is 2.73. The largest absolute Gasteiger partial charge is 0.493 e. The zero-order valence-electron chi connectivity index (χ0n) is 14.4. The lowest BCUT2D eigenvalue weighted by atomic mass is 10.2. The van der Waals surface area contributed by atoms with Crippen LogP contribution >= 0.6 is 0 Å². The minimum Gasteiger partial charge on any atom is -0.493 e. The van der Waals surface area contributed by atoms with Crippen molar-refractivity contribution < 1.29 is 22.7 Å². The topological polar surface area (TPSA) is 120 Å². The third-order valence-corrected chi connectivity index (χ3v) is 5.53. The molecule has 1 aliphatic carbocycles. The number of nitrogens with two attached hydrogens (primary N) is 1. The number of amides is 1. The van der Waals surface area contributed by atoms with Gasteiger partial charge in [0, 0.05) is 31.6 Å². The zero-order chi connectivity index (χ0) is 18.4. The summed E-state index contributed by atoms with van der Waals surface area (Å²) in [6.07, 6.45) is 2.27. The van der Waals surface area contributed by atoms with Crippen molar-refractivity contribution in [2.45, 2.75) is 30.2 Å². The van der Waals surface area contributed by atoms with Gasteiger partial charge in [-0.15, -0.1) is 0 Å². The minimum absolute atomic E-state index is 0.00117. The van der Waals surface area contributed by atoms with Crippen molar-refractivity contribution in [3.8, 4) is 11.5 Å². The Balaban J connectivity index is 1.83. The van der Waals surface area contributed by atoms with E-state index in [1.807, 2.05) is 0 Å². The van der Waals surface area contributed by atoms with Gasteiger partial charge in [-0.25, -0.2) is 13.1 Å². The molecule has 0 spiro atoms. The molecule has 9 heteroatoms. The molecule has 140 valence electrons. The number of ether oxygens (including phenoxy) is 2. The SMILES string of the molecule is COc1ccc(S(=O)(=O)NCCC(=O)NCC(N)C2CC2)cc1OC. The Labute approximate surface area is 148 Å². The summed E-state index contributed by atoms with van der Waals surface area (Å²) in [4.78, 5) is 11.8. The smallest absolute Gasteiger partial charge is 0.240 e. The molecule has 1 aromatic carbocycles. The summed E-state index contributed by atoms with van der Waals surface area (Å²) in [7, 11) is -0.839. The molecule has 1 unspecified atom stereocenters. The van der Waals surface area contributed by atoms with E-state index in [0.29, 0.717) is 24.0 Å². The standard InChI is InChI=1S/C16H25N3O5S/c1-23-14-6-5-12(9-15(14)24-2)25(21,22)19-8-7-16(20)18-10-13(17)11-3-4-11/h5-6,9,11,13,19H,3-4,7-8,10,17H2,1-2H3,(H,18,20). The highest BCUT2D eigenvalue weighted by Crippen LogP contribution is 2.31. The second-order valence-electron chi connectivity index (χ2n) is 5.97. The van der Waals surface area contributed by atoms with Crippen LogP contribution in [0.3, 0.4) is 0 Å². The first kappa shape index (κ1) is 19.5. The predicted molar refractivity (Wildman–Crippen MR) is 93.1 cm³/mol. The van der Waals surface area contributed by atoms with E-state index < -0.39 is 10.0 Å². The average molecular weight is 371 g/mol. The van der Waals surface area contributed by atoms with Crippen molar-refractivity contribution in [3.05, 3.63) is 18.2 Å². The normalized spacial score (nSPS) is 15.5.